The van der Waals surface area contributed by atoms with Gasteiger partial charge in [0, 0.05) is 17.7 Å². The van der Waals surface area contributed by atoms with E-state index in [1.54, 1.807) is 13.8 Å². The number of nitrogen functional groups attached to an aromatic ring is 1. The third kappa shape index (κ3) is 4.23. The summed E-state index contributed by atoms with van der Waals surface area (Å²) in [5.74, 6) is -0.839. The van der Waals surface area contributed by atoms with E-state index in [1.807, 2.05) is 0 Å². The Balaban J connectivity index is 2.67. The zero-order valence-corrected chi connectivity index (χ0v) is 11.2. The van der Waals surface area contributed by atoms with Gasteiger partial charge in [-0.2, -0.15) is 0 Å². The molecule has 2 amide bonds. The summed E-state index contributed by atoms with van der Waals surface area (Å²) in [5, 5.41) is 15.6. The summed E-state index contributed by atoms with van der Waals surface area (Å²) >= 11 is 0. The number of hydrogen-bond donors (Lipinski definition) is 3. The fourth-order valence-corrected chi connectivity index (χ4v) is 1.50. The summed E-state index contributed by atoms with van der Waals surface area (Å²) in [6.07, 6.45) is 0. The maximum atomic E-state index is 11.8. The molecule has 0 aromatic heterocycles. The molecule has 20 heavy (non-hydrogen) atoms. The van der Waals surface area contributed by atoms with Gasteiger partial charge in [-0.3, -0.25) is 19.7 Å². The number of nitrogens with two attached hydrogens (primary N) is 1. The van der Waals surface area contributed by atoms with Crippen LogP contribution in [0.5, 0.6) is 0 Å². The molecule has 1 rings (SSSR count). The van der Waals surface area contributed by atoms with Crippen molar-refractivity contribution in [2.75, 3.05) is 12.3 Å². The second-order valence-electron chi connectivity index (χ2n) is 4.44. The van der Waals surface area contributed by atoms with Crippen LogP contribution in [0.3, 0.4) is 0 Å². The molecular weight excluding hydrogens is 264 g/mol. The van der Waals surface area contributed by atoms with Crippen LogP contribution in [-0.2, 0) is 4.79 Å². The first-order valence-corrected chi connectivity index (χ1v) is 5.92. The minimum atomic E-state index is -0.632. The van der Waals surface area contributed by atoms with Crippen molar-refractivity contribution >= 4 is 23.2 Å². The molecule has 0 saturated carbocycles. The number of nitrogens with zero attached hydrogens (tertiary/aromatic N) is 1. The van der Waals surface area contributed by atoms with Gasteiger partial charge < -0.3 is 16.4 Å². The van der Waals surface area contributed by atoms with E-state index < -0.39 is 10.8 Å². The zero-order valence-electron chi connectivity index (χ0n) is 11.2. The Bertz CT molecular complexity index is 542. The van der Waals surface area contributed by atoms with Crippen molar-refractivity contribution in [1.82, 2.24) is 10.6 Å². The second-order valence-corrected chi connectivity index (χ2v) is 4.44. The van der Waals surface area contributed by atoms with Gasteiger partial charge in [0.05, 0.1) is 11.5 Å². The topological polar surface area (TPSA) is 127 Å². The average Bonchev–Trinajstić information content (AvgIpc) is 2.34. The molecule has 0 saturated heterocycles. The molecule has 8 heteroatoms. The van der Waals surface area contributed by atoms with Crippen LogP contribution in [0.15, 0.2) is 18.2 Å². The molecule has 8 nitrogen and oxygen atoms in total. The Morgan fingerprint density at radius 2 is 2.05 bits per heavy atom. The van der Waals surface area contributed by atoms with E-state index in [2.05, 4.69) is 10.6 Å². The highest BCUT2D eigenvalue weighted by Gasteiger charge is 2.15. The molecule has 0 atom stereocenters. The van der Waals surface area contributed by atoms with Gasteiger partial charge in [0.25, 0.3) is 11.6 Å². The van der Waals surface area contributed by atoms with Crippen molar-refractivity contribution in [2.45, 2.75) is 19.9 Å². The molecule has 0 radical (unpaired) electrons. The van der Waals surface area contributed by atoms with Crippen LogP contribution in [0.25, 0.3) is 0 Å². The lowest BCUT2D eigenvalue weighted by Gasteiger charge is -2.09. The van der Waals surface area contributed by atoms with Gasteiger partial charge in [-0.15, -0.1) is 0 Å². The summed E-state index contributed by atoms with van der Waals surface area (Å²) in [4.78, 5) is 33.1. The highest BCUT2D eigenvalue weighted by molar-refractivity contribution is 5.97. The SMILES string of the molecule is CC(C)NC(=O)CNC(=O)c1ccc([N+](=O)[O-])c(N)c1. The highest BCUT2D eigenvalue weighted by atomic mass is 16.6. The molecule has 1 aromatic carbocycles. The minimum Gasteiger partial charge on any atom is -0.393 e. The number of carbonyl (C=O) groups is 2. The van der Waals surface area contributed by atoms with E-state index >= 15 is 0 Å². The smallest absolute Gasteiger partial charge is 0.292 e. The lowest BCUT2D eigenvalue weighted by atomic mass is 10.1. The number of anilines is 1. The first kappa shape index (κ1) is 15.4. The number of nitro groups is 1. The molecule has 1 aromatic rings. The van der Waals surface area contributed by atoms with Crippen molar-refractivity contribution in [1.29, 1.82) is 0 Å². The van der Waals surface area contributed by atoms with E-state index in [0.717, 1.165) is 6.07 Å². The lowest BCUT2D eigenvalue weighted by molar-refractivity contribution is -0.383. The summed E-state index contributed by atoms with van der Waals surface area (Å²) < 4.78 is 0. The van der Waals surface area contributed by atoms with Crippen molar-refractivity contribution < 1.29 is 14.5 Å². The van der Waals surface area contributed by atoms with Crippen LogP contribution in [0.1, 0.15) is 24.2 Å². The Labute approximate surface area is 115 Å². The fraction of sp³-hybridized carbons (Fsp3) is 0.333. The first-order chi connectivity index (χ1) is 9.31. The predicted octanol–water partition coefficient (Wildman–Crippen LogP) is 0.431. The van der Waals surface area contributed by atoms with Crippen LogP contribution < -0.4 is 16.4 Å². The van der Waals surface area contributed by atoms with Crippen LogP contribution >= 0.6 is 0 Å². The van der Waals surface area contributed by atoms with Gasteiger partial charge >= 0.3 is 0 Å². The van der Waals surface area contributed by atoms with Gasteiger partial charge in [0.2, 0.25) is 5.91 Å². The first-order valence-electron chi connectivity index (χ1n) is 5.92. The van der Waals surface area contributed by atoms with Crippen molar-refractivity contribution in [2.24, 2.45) is 0 Å². The van der Waals surface area contributed by atoms with Gasteiger partial charge in [-0.05, 0) is 26.0 Å². The number of hydrogen-bond acceptors (Lipinski definition) is 5. The van der Waals surface area contributed by atoms with Crippen molar-refractivity contribution in [3.05, 3.63) is 33.9 Å². The summed E-state index contributed by atoms with van der Waals surface area (Å²) in [6.45, 7) is 3.43. The Morgan fingerprint density at radius 1 is 1.40 bits per heavy atom. The van der Waals surface area contributed by atoms with Gasteiger partial charge in [0.15, 0.2) is 0 Å². The van der Waals surface area contributed by atoms with Crippen LogP contribution in [0.2, 0.25) is 0 Å². The third-order valence-electron chi connectivity index (χ3n) is 2.35. The lowest BCUT2D eigenvalue weighted by Crippen LogP contribution is -2.39. The molecule has 108 valence electrons. The highest BCUT2D eigenvalue weighted by Crippen LogP contribution is 2.21. The quantitative estimate of drug-likeness (QED) is 0.409. The normalized spacial score (nSPS) is 10.2. The molecular formula is C12H16N4O4. The van der Waals surface area contributed by atoms with Crippen LogP contribution in [-0.4, -0.2) is 29.3 Å². The van der Waals surface area contributed by atoms with Crippen LogP contribution in [0, 0.1) is 10.1 Å². The zero-order chi connectivity index (χ0) is 15.3. The predicted molar refractivity (Wildman–Crippen MR) is 73.1 cm³/mol. The van der Waals surface area contributed by atoms with E-state index in [0.29, 0.717) is 0 Å². The van der Waals surface area contributed by atoms with E-state index in [1.165, 1.54) is 12.1 Å². The standard InChI is InChI=1S/C12H16N4O4/c1-7(2)15-11(17)6-14-12(18)8-3-4-10(16(19)20)9(13)5-8/h3-5,7H,6,13H2,1-2H3,(H,14,18)(H,15,17). The van der Waals surface area contributed by atoms with Gasteiger partial charge in [-0.25, -0.2) is 0 Å². The van der Waals surface area contributed by atoms with E-state index in [4.69, 9.17) is 5.73 Å². The fourth-order valence-electron chi connectivity index (χ4n) is 1.50. The second kappa shape index (κ2) is 6.50. The summed E-state index contributed by atoms with van der Waals surface area (Å²) in [7, 11) is 0. The summed E-state index contributed by atoms with van der Waals surface area (Å²) in [5.41, 5.74) is 5.27. The van der Waals surface area contributed by atoms with E-state index in [-0.39, 0.29) is 35.4 Å². The molecule has 0 heterocycles. The maximum absolute atomic E-state index is 11.8. The molecule has 0 aliphatic carbocycles. The largest absolute Gasteiger partial charge is 0.393 e. The average molecular weight is 280 g/mol. The number of amides is 2. The number of nitro benzene ring substituents is 1. The van der Waals surface area contributed by atoms with Crippen LogP contribution in [0.4, 0.5) is 11.4 Å². The van der Waals surface area contributed by atoms with E-state index in [9.17, 15) is 19.7 Å². The Kier molecular flexibility index (Phi) is 5.01. The Morgan fingerprint density at radius 3 is 2.55 bits per heavy atom. The Hall–Kier alpha value is -2.64. The number of rotatable bonds is 5. The molecule has 0 fully saturated rings. The molecule has 0 aliphatic rings. The molecule has 4 N–H and O–H groups in total. The molecule has 0 bridgehead atoms. The number of carbonyl (C=O) groups excluding carboxylic acids is 2. The molecule has 0 unspecified atom stereocenters. The minimum absolute atomic E-state index is 0.0191. The van der Waals surface area contributed by atoms with Crippen molar-refractivity contribution in [3.63, 3.8) is 0 Å². The molecule has 0 aliphatic heterocycles. The maximum Gasteiger partial charge on any atom is 0.292 e. The monoisotopic (exact) mass is 280 g/mol. The number of benzene rings is 1. The van der Waals surface area contributed by atoms with Crippen molar-refractivity contribution in [3.8, 4) is 0 Å². The van der Waals surface area contributed by atoms with Gasteiger partial charge in [-0.1, -0.05) is 0 Å². The molecule has 0 spiro atoms. The number of nitrogens with one attached hydrogen (secondary N) is 2. The van der Waals surface area contributed by atoms with Gasteiger partial charge in [0.1, 0.15) is 5.69 Å². The third-order valence-corrected chi connectivity index (χ3v) is 2.35. The summed E-state index contributed by atoms with van der Waals surface area (Å²) in [6, 6.07) is 3.62.